The van der Waals surface area contributed by atoms with Crippen molar-refractivity contribution < 1.29 is 12.8 Å². The minimum atomic E-state index is -3.49. The molecule has 0 N–H and O–H groups in total. The van der Waals surface area contributed by atoms with Gasteiger partial charge in [-0.2, -0.15) is 0 Å². The summed E-state index contributed by atoms with van der Waals surface area (Å²) in [6.07, 6.45) is 1.54. The van der Waals surface area contributed by atoms with E-state index >= 15 is 0 Å². The number of sulfone groups is 1. The summed E-state index contributed by atoms with van der Waals surface area (Å²) in [7, 11) is -3.49. The van der Waals surface area contributed by atoms with E-state index in [1.54, 1.807) is 0 Å². The highest BCUT2D eigenvalue weighted by atomic mass is 32.2. The largest absolute Gasteiger partial charge is 0.250 e. The number of aromatic nitrogens is 1. The molecule has 0 amide bonds. The van der Waals surface area contributed by atoms with Crippen molar-refractivity contribution in [2.75, 3.05) is 0 Å². The Morgan fingerprint density at radius 1 is 1.41 bits per heavy atom. The van der Waals surface area contributed by atoms with Gasteiger partial charge in [-0.25, -0.2) is 17.8 Å². The van der Waals surface area contributed by atoms with Crippen LogP contribution in [0, 0.1) is 12.7 Å². The van der Waals surface area contributed by atoms with Gasteiger partial charge in [0.25, 0.3) is 0 Å². The first kappa shape index (κ1) is 12.2. The van der Waals surface area contributed by atoms with Crippen LogP contribution in [0.3, 0.4) is 0 Å². The Morgan fingerprint density at radius 2 is 2.18 bits per heavy atom. The Morgan fingerprint density at radius 3 is 2.76 bits per heavy atom. The number of nitrogens with zero attached hydrogens (tertiary/aromatic N) is 1. The second-order valence-electron chi connectivity index (χ2n) is 3.56. The van der Waals surface area contributed by atoms with Crippen molar-refractivity contribution >= 4 is 21.2 Å². The summed E-state index contributed by atoms with van der Waals surface area (Å²) >= 11 is 1.33. The van der Waals surface area contributed by atoms with Gasteiger partial charge in [-0.05, 0) is 25.1 Å². The number of thiazole rings is 1. The third-order valence-electron chi connectivity index (χ3n) is 2.16. The Balaban J connectivity index is 2.31. The smallest absolute Gasteiger partial charge is 0.183 e. The number of aryl methyl sites for hydroxylation is 1. The molecule has 17 heavy (non-hydrogen) atoms. The molecule has 0 saturated carbocycles. The lowest BCUT2D eigenvalue weighted by Gasteiger charge is -2.02. The van der Waals surface area contributed by atoms with Crippen molar-refractivity contribution in [2.24, 2.45) is 0 Å². The van der Waals surface area contributed by atoms with Crippen molar-refractivity contribution in [3.8, 4) is 0 Å². The maximum atomic E-state index is 13.0. The average molecular weight is 271 g/mol. The zero-order valence-corrected chi connectivity index (χ0v) is 10.7. The van der Waals surface area contributed by atoms with Gasteiger partial charge in [-0.1, -0.05) is 6.07 Å². The number of hydrogen-bond donors (Lipinski definition) is 0. The highest BCUT2D eigenvalue weighted by Gasteiger charge is 2.17. The third-order valence-corrected chi connectivity index (χ3v) is 4.92. The quantitative estimate of drug-likeness (QED) is 0.862. The first-order valence-electron chi connectivity index (χ1n) is 4.87. The molecule has 2 aromatic rings. The molecular weight excluding hydrogens is 261 g/mol. The molecule has 0 atom stereocenters. The van der Waals surface area contributed by atoms with E-state index < -0.39 is 15.7 Å². The van der Waals surface area contributed by atoms with E-state index in [0.29, 0.717) is 4.88 Å². The van der Waals surface area contributed by atoms with Gasteiger partial charge in [0.05, 0.1) is 15.7 Å². The van der Waals surface area contributed by atoms with Crippen LogP contribution in [0.4, 0.5) is 4.39 Å². The van der Waals surface area contributed by atoms with Crippen LogP contribution >= 0.6 is 11.3 Å². The molecule has 1 aromatic heterocycles. The lowest BCUT2D eigenvalue weighted by atomic mass is 10.4. The van der Waals surface area contributed by atoms with E-state index in [0.717, 1.165) is 11.1 Å². The molecule has 0 saturated heterocycles. The first-order valence-corrected chi connectivity index (χ1v) is 7.34. The Labute approximate surface area is 103 Å². The van der Waals surface area contributed by atoms with Crippen LogP contribution in [0.15, 0.2) is 35.4 Å². The predicted molar refractivity (Wildman–Crippen MR) is 64.1 cm³/mol. The van der Waals surface area contributed by atoms with Crippen LogP contribution in [0.5, 0.6) is 0 Å². The molecular formula is C11H10FNO2S2. The van der Waals surface area contributed by atoms with Crippen LogP contribution in [0.2, 0.25) is 0 Å². The van der Waals surface area contributed by atoms with Crippen LogP contribution < -0.4 is 0 Å². The number of hydrogen-bond acceptors (Lipinski definition) is 4. The summed E-state index contributed by atoms with van der Waals surface area (Å²) in [5.41, 5.74) is 0. The Bertz CT molecular complexity index is 634. The molecule has 3 nitrogen and oxygen atoms in total. The molecule has 1 heterocycles. The molecule has 2 rings (SSSR count). The highest BCUT2D eigenvalue weighted by molar-refractivity contribution is 7.90. The molecule has 0 unspecified atom stereocenters. The normalized spacial score (nSPS) is 11.6. The third kappa shape index (κ3) is 2.89. The fraction of sp³-hybridized carbons (Fsp3) is 0.182. The van der Waals surface area contributed by atoms with Gasteiger partial charge in [0.2, 0.25) is 0 Å². The molecule has 0 fully saturated rings. The van der Waals surface area contributed by atoms with Crippen molar-refractivity contribution in [1.82, 2.24) is 4.98 Å². The number of rotatable bonds is 3. The zero-order chi connectivity index (χ0) is 12.5. The monoisotopic (exact) mass is 271 g/mol. The Hall–Kier alpha value is -1.27. The van der Waals surface area contributed by atoms with Crippen LogP contribution in [0.1, 0.15) is 9.88 Å². The molecule has 0 spiro atoms. The molecule has 1 aromatic carbocycles. The number of halogens is 1. The fourth-order valence-corrected chi connectivity index (χ4v) is 3.89. The van der Waals surface area contributed by atoms with E-state index in [9.17, 15) is 12.8 Å². The molecule has 0 aliphatic heterocycles. The van der Waals surface area contributed by atoms with Crippen molar-refractivity contribution in [1.29, 1.82) is 0 Å². The Kier molecular flexibility index (Phi) is 3.26. The fourth-order valence-electron chi connectivity index (χ4n) is 1.40. The molecule has 90 valence electrons. The van der Waals surface area contributed by atoms with Gasteiger partial charge < -0.3 is 0 Å². The predicted octanol–water partition coefficient (Wildman–Crippen LogP) is 2.56. The van der Waals surface area contributed by atoms with Crippen molar-refractivity contribution in [3.05, 3.63) is 46.2 Å². The molecule has 6 heteroatoms. The summed E-state index contributed by atoms with van der Waals surface area (Å²) < 4.78 is 36.9. The van der Waals surface area contributed by atoms with E-state index in [2.05, 4.69) is 4.98 Å². The molecule has 0 aliphatic rings. The van der Waals surface area contributed by atoms with Gasteiger partial charge >= 0.3 is 0 Å². The molecule has 0 aliphatic carbocycles. The van der Waals surface area contributed by atoms with Gasteiger partial charge in [0.15, 0.2) is 9.84 Å². The first-order chi connectivity index (χ1) is 7.97. The van der Waals surface area contributed by atoms with Crippen LogP contribution in [-0.2, 0) is 15.6 Å². The van der Waals surface area contributed by atoms with E-state index in [4.69, 9.17) is 0 Å². The molecule has 0 radical (unpaired) electrons. The topological polar surface area (TPSA) is 47.0 Å². The lowest BCUT2D eigenvalue weighted by Crippen LogP contribution is -2.04. The minimum absolute atomic E-state index is 0.00329. The van der Waals surface area contributed by atoms with E-state index in [1.165, 1.54) is 35.7 Å². The summed E-state index contributed by atoms with van der Waals surface area (Å²) in [5.74, 6) is -0.686. The van der Waals surface area contributed by atoms with Gasteiger partial charge in [-0.3, -0.25) is 0 Å². The second kappa shape index (κ2) is 4.54. The van der Waals surface area contributed by atoms with Gasteiger partial charge in [0, 0.05) is 11.1 Å². The maximum absolute atomic E-state index is 13.0. The summed E-state index contributed by atoms with van der Waals surface area (Å²) in [6.45, 7) is 1.81. The average Bonchev–Trinajstić information content (AvgIpc) is 2.63. The second-order valence-corrected chi connectivity index (χ2v) is 6.87. The van der Waals surface area contributed by atoms with Gasteiger partial charge in [0.1, 0.15) is 5.82 Å². The minimum Gasteiger partial charge on any atom is -0.250 e. The van der Waals surface area contributed by atoms with E-state index in [-0.39, 0.29) is 10.6 Å². The van der Waals surface area contributed by atoms with Crippen LogP contribution in [0.25, 0.3) is 0 Å². The van der Waals surface area contributed by atoms with E-state index in [1.807, 2.05) is 6.92 Å². The lowest BCUT2D eigenvalue weighted by molar-refractivity contribution is 0.590. The standard InChI is InChI=1S/C11H10FNO2S2/c1-8-13-6-10(16-8)7-17(14,15)11-4-2-3-9(12)5-11/h2-6H,7H2,1H3. The van der Waals surface area contributed by atoms with Crippen molar-refractivity contribution in [3.63, 3.8) is 0 Å². The molecule has 0 bridgehead atoms. The zero-order valence-electron chi connectivity index (χ0n) is 9.05. The van der Waals surface area contributed by atoms with Crippen molar-refractivity contribution in [2.45, 2.75) is 17.6 Å². The highest BCUT2D eigenvalue weighted by Crippen LogP contribution is 2.20. The SMILES string of the molecule is Cc1ncc(CS(=O)(=O)c2cccc(F)c2)s1. The maximum Gasteiger partial charge on any atom is 0.183 e. The summed E-state index contributed by atoms with van der Waals surface area (Å²) in [4.78, 5) is 4.65. The summed E-state index contributed by atoms with van der Waals surface area (Å²) in [6, 6.07) is 5.03. The van der Waals surface area contributed by atoms with Crippen LogP contribution in [-0.4, -0.2) is 13.4 Å². The summed E-state index contributed by atoms with van der Waals surface area (Å²) in [5, 5.41) is 0.814. The van der Waals surface area contributed by atoms with Gasteiger partial charge in [-0.15, -0.1) is 11.3 Å². The number of benzene rings is 1.